The molecule has 0 N–H and O–H groups in total. The average Bonchev–Trinajstić information content (AvgIpc) is 1.59. The fraction of sp³-hybridized carbons (Fsp3) is 0.809. The second kappa shape index (κ2) is 93.6. The van der Waals surface area contributed by atoms with Gasteiger partial charge in [0.15, 0.2) is 0 Å². The van der Waals surface area contributed by atoms with Gasteiger partial charge in [0.25, 0.3) is 0 Å². The van der Waals surface area contributed by atoms with Crippen molar-refractivity contribution in [1.82, 2.24) is 0 Å². The van der Waals surface area contributed by atoms with Gasteiger partial charge in [-0.2, -0.15) is 12.8 Å². The zero-order chi connectivity index (χ0) is 84.5. The van der Waals surface area contributed by atoms with Crippen LogP contribution >= 0.6 is 0 Å². The molecule has 0 spiro atoms. The van der Waals surface area contributed by atoms with Crippen molar-refractivity contribution in [3.05, 3.63) is 125 Å². The summed E-state index contributed by atoms with van der Waals surface area (Å²) < 4.78 is 1.73. The van der Waals surface area contributed by atoms with Crippen LogP contribution in [0.25, 0.3) is 16.9 Å². The molecule has 1 aliphatic heterocycles. The maximum absolute atomic E-state index is 13.0. The third-order valence-electron chi connectivity index (χ3n) is 25.8. The van der Waals surface area contributed by atoms with Crippen LogP contribution in [0.5, 0.6) is 0 Å². The predicted octanol–water partition coefficient (Wildman–Crippen LogP) is 41.5. The zero-order valence-corrected chi connectivity index (χ0v) is 82.5. The molecule has 2 aromatic rings. The summed E-state index contributed by atoms with van der Waals surface area (Å²) in [6.45, 7) is 26.3. The van der Waals surface area contributed by atoms with Crippen LogP contribution in [0.1, 0.15) is 609 Å². The Bertz CT molecular complexity index is 2440. The largest absolute Gasteiger partial charge is 2.00 e. The van der Waals surface area contributed by atoms with Gasteiger partial charge >= 0.3 is 16.5 Å². The molecule has 688 valence electrons. The molecule has 3 rings (SSSR count). The summed E-state index contributed by atoms with van der Waals surface area (Å²) in [4.78, 5) is 0. The normalized spacial score (nSPS) is 12.3. The van der Waals surface area contributed by atoms with E-state index in [1.165, 1.54) is 507 Å². The summed E-state index contributed by atoms with van der Waals surface area (Å²) in [5.41, 5.74) is 26.2. The number of benzene rings is 2. The maximum atomic E-state index is 13.0. The Balaban J connectivity index is 0.00000236. The van der Waals surface area contributed by atoms with Crippen molar-refractivity contribution in [1.29, 1.82) is 0 Å². The van der Waals surface area contributed by atoms with Crippen molar-refractivity contribution < 1.29 is 21.2 Å². The molecule has 118 heavy (non-hydrogen) atoms. The summed E-state index contributed by atoms with van der Waals surface area (Å²) in [6, 6.07) is 14.6. The molecule has 0 atom stereocenters. The van der Waals surface area contributed by atoms with Gasteiger partial charge in [0.2, 0.25) is 11.4 Å². The molecule has 0 saturated heterocycles. The van der Waals surface area contributed by atoms with Crippen molar-refractivity contribution in [2.45, 2.75) is 601 Å². The van der Waals surface area contributed by atoms with Crippen LogP contribution in [-0.2, 0) is 42.2 Å². The standard InChI is InChI=1S/C69H114N2.2C23H47.Ni/c1-7-13-19-21-23-25-27-29-31-33-35-37-39-41-43-46-50-62-56-54-60(48-16-10-4)58-66(62)68-64(52-18-12-6)65(53-45-15-9-3)69(71(68)70)67-59-61(49-17-11-5)55-57-63(67)51-47-44-42-40-38-36-34-32-30-28-26-24-22-20-14-8-2;2*1-3-5-7-9-11-13-15-17-19-21-23-22-20-18-16-14-12-10-8-6-4-2;/h41-44,54-59H,7-40,45-53H2,1-6H3;2*1,3-23H2,2H3;/q;2*-1;+2. The minimum atomic E-state index is 0. The Morgan fingerprint density at radius 2 is 0.415 bits per heavy atom. The number of rotatable bonds is 87. The number of allylic oxidation sites excluding steroid dienone is 6. The molecule has 1 aliphatic rings. The minimum Gasteiger partial charge on any atom is -0.493 e. The van der Waals surface area contributed by atoms with E-state index in [0.29, 0.717) is 0 Å². The fourth-order valence-electron chi connectivity index (χ4n) is 17.9. The van der Waals surface area contributed by atoms with Crippen LogP contribution in [0, 0.1) is 13.8 Å². The van der Waals surface area contributed by atoms with E-state index in [4.69, 9.17) is 0 Å². The van der Waals surface area contributed by atoms with E-state index < -0.39 is 0 Å². The summed E-state index contributed by atoms with van der Waals surface area (Å²) >= 11 is 0. The molecule has 0 amide bonds. The van der Waals surface area contributed by atoms with Crippen molar-refractivity contribution in [2.24, 2.45) is 0 Å². The maximum Gasteiger partial charge on any atom is 2.00 e. The molecule has 2 aromatic carbocycles. The summed E-state index contributed by atoms with van der Waals surface area (Å²) in [5.74, 6) is 0. The Kier molecular flexibility index (Phi) is 91.7. The predicted molar refractivity (Wildman–Crippen MR) is 534 cm³/mol. The van der Waals surface area contributed by atoms with E-state index in [0.717, 1.165) is 94.9 Å². The molecule has 1 heterocycles. The van der Waals surface area contributed by atoms with Gasteiger partial charge in [0, 0.05) is 22.3 Å². The summed E-state index contributed by atoms with van der Waals surface area (Å²) in [5, 5.41) is 0. The Morgan fingerprint density at radius 3 is 0.653 bits per heavy atom. The first-order chi connectivity index (χ1) is 57.9. The van der Waals surface area contributed by atoms with Gasteiger partial charge in [-0.05, 0) is 137 Å². The van der Waals surface area contributed by atoms with Gasteiger partial charge in [-0.1, -0.05) is 534 Å². The number of hydrogen-bond donors (Lipinski definition) is 0. The van der Waals surface area contributed by atoms with E-state index in [1.807, 2.05) is 0 Å². The Labute approximate surface area is 753 Å². The van der Waals surface area contributed by atoms with E-state index in [1.54, 1.807) is 4.70 Å². The third-order valence-corrected chi connectivity index (χ3v) is 25.8. The zero-order valence-electron chi connectivity index (χ0n) is 81.5. The average molecular weight is 1680 g/mol. The molecule has 2 nitrogen and oxygen atoms in total. The summed E-state index contributed by atoms with van der Waals surface area (Å²) in [6.07, 6.45) is 125. The van der Waals surface area contributed by atoms with Crippen LogP contribution in [0.2, 0.25) is 0 Å². The molecular formula is C115H208N2Ni. The molecule has 0 aliphatic carbocycles. The quantitative estimate of drug-likeness (QED) is 0.0207. The molecule has 0 aromatic heterocycles. The fourth-order valence-corrected chi connectivity index (χ4v) is 17.9. The Morgan fingerprint density at radius 1 is 0.220 bits per heavy atom. The number of aryl methyl sites for hydroxylation is 4. The topological polar surface area (TPSA) is 25.3 Å². The SMILES string of the molecule is CCCCCCCCCCCCCCC=CCCc1ccc(CCCC)cc1C1=C(CCCC)C(CCCCC)=C(c2cc(CCCC)ccc2CCC=CCCCCCCCCCCCCCC)[N+]1=[N-].[CH2-]CCCCCCCCCCCCCCCCCCCCCC.[CH2-]CCCCCCCCCCCCCCCCCCCCCC.[Ni+2]. The first-order valence-electron chi connectivity index (χ1n) is 54.0. The molecule has 3 heteroatoms. The molecule has 0 fully saturated rings. The van der Waals surface area contributed by atoms with Crippen LogP contribution in [-0.4, -0.2) is 4.70 Å². The Hall–Kier alpha value is -2.51. The van der Waals surface area contributed by atoms with E-state index in [-0.39, 0.29) is 16.5 Å². The van der Waals surface area contributed by atoms with Gasteiger partial charge in [-0.25, -0.2) is 4.70 Å². The van der Waals surface area contributed by atoms with Gasteiger partial charge < -0.3 is 19.4 Å². The molecule has 0 unspecified atom stereocenters. The molecule has 0 bridgehead atoms. The van der Waals surface area contributed by atoms with Gasteiger partial charge in [0.1, 0.15) is 0 Å². The molecule has 0 saturated carbocycles. The molecular weight excluding hydrogens is 1470 g/mol. The van der Waals surface area contributed by atoms with E-state index in [9.17, 15) is 5.53 Å². The van der Waals surface area contributed by atoms with Crippen molar-refractivity contribution in [3.8, 4) is 0 Å². The van der Waals surface area contributed by atoms with Crippen LogP contribution < -0.4 is 0 Å². The monoisotopic (exact) mass is 1680 g/mol. The number of nitrogens with zero attached hydrogens (tertiary/aromatic N) is 2. The van der Waals surface area contributed by atoms with Crippen LogP contribution in [0.3, 0.4) is 0 Å². The second-order valence-electron chi connectivity index (χ2n) is 37.2. The smallest absolute Gasteiger partial charge is 0.493 e. The first kappa shape index (κ1) is 115. The third kappa shape index (κ3) is 68.8. The minimum absolute atomic E-state index is 0. The molecule has 0 radical (unpaired) electrons. The van der Waals surface area contributed by atoms with E-state index >= 15 is 0 Å². The summed E-state index contributed by atoms with van der Waals surface area (Å²) in [7, 11) is 0. The van der Waals surface area contributed by atoms with Crippen molar-refractivity contribution in [2.75, 3.05) is 0 Å². The second-order valence-corrected chi connectivity index (χ2v) is 37.2. The van der Waals surface area contributed by atoms with Crippen LogP contribution in [0.15, 0.2) is 71.8 Å². The van der Waals surface area contributed by atoms with Gasteiger partial charge in [0.05, 0.1) is 0 Å². The van der Waals surface area contributed by atoms with Crippen LogP contribution in [0.4, 0.5) is 0 Å². The van der Waals surface area contributed by atoms with Gasteiger partial charge in [-0.3, -0.25) is 0 Å². The van der Waals surface area contributed by atoms with E-state index in [2.05, 4.69) is 130 Å². The van der Waals surface area contributed by atoms with Crippen molar-refractivity contribution >= 4 is 11.4 Å². The number of unbranched alkanes of at least 4 members (excludes halogenated alkanes) is 69. The van der Waals surface area contributed by atoms with Crippen molar-refractivity contribution in [3.63, 3.8) is 0 Å². The number of hydrogen-bond acceptors (Lipinski definition) is 0. The van der Waals surface area contributed by atoms with Gasteiger partial charge in [-0.15, -0.1) is 0 Å². The first-order valence-corrected chi connectivity index (χ1v) is 54.0.